The summed E-state index contributed by atoms with van der Waals surface area (Å²) < 4.78 is 12.9. The molecule has 1 heterocycles. The van der Waals surface area contributed by atoms with E-state index in [4.69, 9.17) is 5.11 Å². The van der Waals surface area contributed by atoms with Crippen molar-refractivity contribution in [3.05, 3.63) is 35.9 Å². The van der Waals surface area contributed by atoms with Crippen LogP contribution in [0.15, 0.2) is 24.4 Å². The van der Waals surface area contributed by atoms with Gasteiger partial charge in [0.2, 0.25) is 0 Å². The molecule has 1 aromatic heterocycles. The number of hydrogen-bond acceptors (Lipinski definition) is 3. The number of aromatic carboxylic acids is 1. The molecule has 0 amide bonds. The van der Waals surface area contributed by atoms with Crippen molar-refractivity contribution in [1.82, 2.24) is 4.98 Å². The van der Waals surface area contributed by atoms with Gasteiger partial charge in [0.15, 0.2) is 11.4 Å². The Hall–Kier alpha value is -2.17. The zero-order chi connectivity index (χ0) is 11.0. The van der Waals surface area contributed by atoms with Crippen molar-refractivity contribution in [3.63, 3.8) is 0 Å². The zero-order valence-corrected chi connectivity index (χ0v) is 7.44. The van der Waals surface area contributed by atoms with Crippen LogP contribution >= 0.6 is 0 Å². The summed E-state index contributed by atoms with van der Waals surface area (Å²) in [5.74, 6) is -2.40. The van der Waals surface area contributed by atoms with Gasteiger partial charge in [-0.05, 0) is 18.2 Å². The van der Waals surface area contributed by atoms with Crippen molar-refractivity contribution in [3.8, 4) is 5.75 Å². The minimum atomic E-state index is -1.35. The Kier molecular flexibility index (Phi) is 2.00. The molecule has 2 aromatic rings. The quantitative estimate of drug-likeness (QED) is 0.747. The number of fused-ring (bicyclic) bond motifs is 1. The number of pyridine rings is 1. The Morgan fingerprint density at radius 1 is 1.40 bits per heavy atom. The number of benzene rings is 1. The van der Waals surface area contributed by atoms with Crippen molar-refractivity contribution in [1.29, 1.82) is 0 Å². The first-order chi connectivity index (χ1) is 7.09. The largest absolute Gasteiger partial charge is 0.505 e. The van der Waals surface area contributed by atoms with Crippen LogP contribution in [0.5, 0.6) is 5.75 Å². The lowest BCUT2D eigenvalue weighted by molar-refractivity contribution is 0.0687. The summed E-state index contributed by atoms with van der Waals surface area (Å²) in [4.78, 5) is 14.2. The molecule has 0 spiro atoms. The van der Waals surface area contributed by atoms with Gasteiger partial charge >= 0.3 is 5.97 Å². The summed E-state index contributed by atoms with van der Waals surface area (Å²) in [6, 6.07) is 3.70. The van der Waals surface area contributed by atoms with E-state index in [2.05, 4.69) is 4.98 Å². The van der Waals surface area contributed by atoms with Gasteiger partial charge < -0.3 is 10.2 Å². The highest BCUT2D eigenvalue weighted by atomic mass is 19.1. The van der Waals surface area contributed by atoms with Crippen LogP contribution in [0.2, 0.25) is 0 Å². The number of nitrogens with zero attached hydrogens (tertiary/aromatic N) is 1. The fourth-order valence-corrected chi connectivity index (χ4v) is 1.33. The van der Waals surface area contributed by atoms with Gasteiger partial charge in [-0.1, -0.05) is 0 Å². The molecule has 0 aliphatic carbocycles. The van der Waals surface area contributed by atoms with E-state index in [1.807, 2.05) is 0 Å². The topological polar surface area (TPSA) is 70.4 Å². The predicted molar refractivity (Wildman–Crippen MR) is 50.3 cm³/mol. The molecule has 0 saturated carbocycles. The molecular weight excluding hydrogens is 201 g/mol. The first kappa shape index (κ1) is 9.39. The van der Waals surface area contributed by atoms with E-state index in [0.717, 1.165) is 6.07 Å². The average molecular weight is 207 g/mol. The molecule has 0 atom stereocenters. The fourth-order valence-electron chi connectivity index (χ4n) is 1.33. The number of carbonyl (C=O) groups is 1. The first-order valence-electron chi connectivity index (χ1n) is 4.10. The van der Waals surface area contributed by atoms with Gasteiger partial charge in [-0.25, -0.2) is 14.2 Å². The summed E-state index contributed by atoms with van der Waals surface area (Å²) in [7, 11) is 0. The standard InChI is InChI=1S/C10H6FNO3/c11-6-2-1-5-4-12-8(10(14)15)9(13)7(5)3-6/h1-4,13H,(H,14,15). The molecule has 2 rings (SSSR count). The van der Waals surface area contributed by atoms with Crippen LogP contribution in [0.3, 0.4) is 0 Å². The average Bonchev–Trinajstić information content (AvgIpc) is 2.19. The summed E-state index contributed by atoms with van der Waals surface area (Å²) in [6.45, 7) is 0. The summed E-state index contributed by atoms with van der Waals surface area (Å²) in [6.07, 6.45) is 1.28. The summed E-state index contributed by atoms with van der Waals surface area (Å²) in [5.41, 5.74) is -0.479. The second-order valence-corrected chi connectivity index (χ2v) is 2.99. The van der Waals surface area contributed by atoms with Gasteiger partial charge in [-0.15, -0.1) is 0 Å². The molecule has 76 valence electrons. The monoisotopic (exact) mass is 207 g/mol. The van der Waals surface area contributed by atoms with Crippen molar-refractivity contribution < 1.29 is 19.4 Å². The molecule has 4 nitrogen and oxygen atoms in total. The molecule has 5 heteroatoms. The third kappa shape index (κ3) is 1.48. The third-order valence-corrected chi connectivity index (χ3v) is 2.03. The van der Waals surface area contributed by atoms with Crippen molar-refractivity contribution in [2.75, 3.05) is 0 Å². The minimum Gasteiger partial charge on any atom is -0.505 e. The molecular formula is C10H6FNO3. The van der Waals surface area contributed by atoms with E-state index < -0.39 is 23.2 Å². The maximum absolute atomic E-state index is 12.9. The van der Waals surface area contributed by atoms with Crippen LogP contribution in [-0.2, 0) is 0 Å². The zero-order valence-electron chi connectivity index (χ0n) is 7.44. The lowest BCUT2D eigenvalue weighted by atomic mass is 10.1. The van der Waals surface area contributed by atoms with Crippen molar-refractivity contribution >= 4 is 16.7 Å². The molecule has 0 aliphatic rings. The van der Waals surface area contributed by atoms with Gasteiger partial charge in [0.05, 0.1) is 0 Å². The maximum Gasteiger partial charge on any atom is 0.358 e. The lowest BCUT2D eigenvalue weighted by Crippen LogP contribution is -2.00. The first-order valence-corrected chi connectivity index (χ1v) is 4.10. The van der Waals surface area contributed by atoms with Crippen LogP contribution in [0.25, 0.3) is 10.8 Å². The van der Waals surface area contributed by atoms with Gasteiger partial charge in [0, 0.05) is 17.0 Å². The number of halogens is 1. The van der Waals surface area contributed by atoms with Gasteiger partial charge in [-0.2, -0.15) is 0 Å². The van der Waals surface area contributed by atoms with E-state index in [-0.39, 0.29) is 5.39 Å². The number of carboxylic acid groups (broad SMARTS) is 1. The highest BCUT2D eigenvalue weighted by Gasteiger charge is 2.14. The second kappa shape index (κ2) is 3.20. The Bertz CT molecular complexity index is 554. The highest BCUT2D eigenvalue weighted by molar-refractivity contribution is 5.97. The second-order valence-electron chi connectivity index (χ2n) is 2.99. The Balaban J connectivity index is 2.82. The predicted octanol–water partition coefficient (Wildman–Crippen LogP) is 1.78. The molecule has 0 radical (unpaired) electrons. The number of aromatic hydroxyl groups is 1. The summed E-state index contributed by atoms with van der Waals surface area (Å²) in [5, 5.41) is 18.8. The maximum atomic E-state index is 12.9. The SMILES string of the molecule is O=C(O)c1ncc2ccc(F)cc2c1O. The van der Waals surface area contributed by atoms with E-state index >= 15 is 0 Å². The number of hydrogen-bond donors (Lipinski definition) is 2. The van der Waals surface area contributed by atoms with E-state index in [1.54, 1.807) is 0 Å². The van der Waals surface area contributed by atoms with E-state index in [0.29, 0.717) is 5.39 Å². The molecule has 0 aliphatic heterocycles. The van der Waals surface area contributed by atoms with Crippen LogP contribution in [0.1, 0.15) is 10.5 Å². The Morgan fingerprint density at radius 2 is 2.13 bits per heavy atom. The van der Waals surface area contributed by atoms with Crippen LogP contribution < -0.4 is 0 Å². The van der Waals surface area contributed by atoms with Gasteiger partial charge in [0.25, 0.3) is 0 Å². The van der Waals surface area contributed by atoms with Gasteiger partial charge in [0.1, 0.15) is 5.82 Å². The third-order valence-electron chi connectivity index (χ3n) is 2.03. The van der Waals surface area contributed by atoms with Crippen LogP contribution in [-0.4, -0.2) is 21.2 Å². The normalized spacial score (nSPS) is 10.5. The molecule has 0 saturated heterocycles. The van der Waals surface area contributed by atoms with E-state index in [1.165, 1.54) is 18.3 Å². The molecule has 0 unspecified atom stereocenters. The van der Waals surface area contributed by atoms with Gasteiger partial charge in [-0.3, -0.25) is 0 Å². The molecule has 2 N–H and O–H groups in total. The summed E-state index contributed by atoms with van der Waals surface area (Å²) >= 11 is 0. The Labute approximate surface area is 83.6 Å². The van der Waals surface area contributed by atoms with Crippen LogP contribution in [0.4, 0.5) is 4.39 Å². The molecule has 0 fully saturated rings. The van der Waals surface area contributed by atoms with E-state index in [9.17, 15) is 14.3 Å². The molecule has 0 bridgehead atoms. The van der Waals surface area contributed by atoms with Crippen molar-refractivity contribution in [2.45, 2.75) is 0 Å². The van der Waals surface area contributed by atoms with Crippen molar-refractivity contribution in [2.24, 2.45) is 0 Å². The Morgan fingerprint density at radius 3 is 2.80 bits per heavy atom. The smallest absolute Gasteiger partial charge is 0.358 e. The number of carboxylic acids is 1. The minimum absolute atomic E-state index is 0.141. The number of aromatic nitrogens is 1. The van der Waals surface area contributed by atoms with Crippen LogP contribution in [0, 0.1) is 5.82 Å². The lowest BCUT2D eigenvalue weighted by Gasteiger charge is -2.03. The fraction of sp³-hybridized carbons (Fsp3) is 0. The molecule has 1 aromatic carbocycles. The highest BCUT2D eigenvalue weighted by Crippen LogP contribution is 2.27. The molecule has 15 heavy (non-hydrogen) atoms. The number of rotatable bonds is 1.